The highest BCUT2D eigenvalue weighted by Crippen LogP contribution is 2.27. The minimum atomic E-state index is -0.598. The van der Waals surface area contributed by atoms with Crippen LogP contribution in [-0.2, 0) is 16.1 Å². The summed E-state index contributed by atoms with van der Waals surface area (Å²) in [6.07, 6.45) is 0. The third-order valence-electron chi connectivity index (χ3n) is 2.20. The number of alkyl halides is 1. The van der Waals surface area contributed by atoms with Crippen LogP contribution in [0.5, 0.6) is 0 Å². The molecule has 0 saturated heterocycles. The van der Waals surface area contributed by atoms with Crippen molar-refractivity contribution >= 4 is 43.5 Å². The fourth-order valence-corrected chi connectivity index (χ4v) is 1.82. The van der Waals surface area contributed by atoms with Crippen LogP contribution in [0.4, 0.5) is 5.69 Å². The topological polar surface area (TPSA) is 38.3 Å². The van der Waals surface area contributed by atoms with Crippen LogP contribution in [0.15, 0.2) is 22.7 Å². The Balaban J connectivity index is 2.98. The van der Waals surface area contributed by atoms with Crippen molar-refractivity contribution in [2.75, 3.05) is 12.4 Å². The van der Waals surface area contributed by atoms with Gasteiger partial charge in [0.1, 0.15) is 0 Å². The lowest BCUT2D eigenvalue weighted by Crippen LogP contribution is -2.31. The fraction of sp³-hybridized carbons (Fsp3) is 0.417. The Morgan fingerprint density at radius 3 is 2.65 bits per heavy atom. The summed E-state index contributed by atoms with van der Waals surface area (Å²) < 4.78 is 5.45. The van der Waals surface area contributed by atoms with E-state index in [9.17, 15) is 4.79 Å². The molecule has 0 heterocycles. The molecule has 17 heavy (non-hydrogen) atoms. The van der Waals surface area contributed by atoms with E-state index in [2.05, 4.69) is 37.2 Å². The lowest BCUT2D eigenvalue weighted by molar-refractivity contribution is -0.117. The molecule has 1 aromatic rings. The van der Waals surface area contributed by atoms with Gasteiger partial charge in [-0.05, 0) is 26.0 Å². The molecule has 3 nitrogen and oxygen atoms in total. The zero-order chi connectivity index (χ0) is 13.1. The number of ether oxygens (including phenoxy) is 1. The average Bonchev–Trinajstić information content (AvgIpc) is 2.21. The Bertz CT molecular complexity index is 413. The normalized spacial score (nSPS) is 11.4. The third-order valence-corrected chi connectivity index (χ3v) is 3.30. The van der Waals surface area contributed by atoms with Gasteiger partial charge in [0.2, 0.25) is 5.91 Å². The van der Waals surface area contributed by atoms with Gasteiger partial charge in [-0.2, -0.15) is 0 Å². The van der Waals surface area contributed by atoms with Crippen molar-refractivity contribution in [3.8, 4) is 0 Å². The lowest BCUT2D eigenvalue weighted by Gasteiger charge is -2.18. The number of anilines is 1. The molecule has 0 unspecified atom stereocenters. The summed E-state index contributed by atoms with van der Waals surface area (Å²) in [5.74, 6) is -0.0899. The molecule has 0 radical (unpaired) electrons. The molecule has 1 N–H and O–H groups in total. The van der Waals surface area contributed by atoms with Gasteiger partial charge < -0.3 is 10.1 Å². The maximum Gasteiger partial charge on any atom is 0.240 e. The van der Waals surface area contributed by atoms with E-state index in [-0.39, 0.29) is 5.91 Å². The highest BCUT2D eigenvalue weighted by Gasteiger charge is 2.24. The van der Waals surface area contributed by atoms with Gasteiger partial charge in [0, 0.05) is 22.8 Å². The molecule has 0 aromatic heterocycles. The van der Waals surface area contributed by atoms with Crippen LogP contribution in [0.3, 0.4) is 0 Å². The van der Waals surface area contributed by atoms with E-state index in [4.69, 9.17) is 4.74 Å². The molecule has 94 valence electrons. The van der Waals surface area contributed by atoms with Gasteiger partial charge in [0.25, 0.3) is 0 Å². The standard InChI is InChI=1S/C12H15Br2NO2/c1-12(2,14)11(16)15-10-6-4-5-9(13)8(10)7-17-3/h4-6H,7H2,1-3H3,(H,15,16). The van der Waals surface area contributed by atoms with E-state index in [0.717, 1.165) is 15.7 Å². The summed E-state index contributed by atoms with van der Waals surface area (Å²) in [5.41, 5.74) is 1.69. The highest BCUT2D eigenvalue weighted by atomic mass is 79.9. The average molecular weight is 365 g/mol. The Hall–Kier alpha value is -0.390. The fourth-order valence-electron chi connectivity index (χ4n) is 1.24. The van der Waals surface area contributed by atoms with E-state index < -0.39 is 4.32 Å². The van der Waals surface area contributed by atoms with Crippen LogP contribution < -0.4 is 5.32 Å². The second-order valence-electron chi connectivity index (χ2n) is 4.13. The molecule has 1 amide bonds. The van der Waals surface area contributed by atoms with E-state index >= 15 is 0 Å². The third kappa shape index (κ3) is 4.08. The SMILES string of the molecule is COCc1c(Br)cccc1NC(=O)C(C)(C)Br. The number of hydrogen-bond acceptors (Lipinski definition) is 2. The highest BCUT2D eigenvalue weighted by molar-refractivity contribution is 9.10. The molecule has 0 bridgehead atoms. The Labute approximate surface area is 118 Å². The number of hydrogen-bond donors (Lipinski definition) is 1. The molecule has 0 saturated carbocycles. The maximum absolute atomic E-state index is 11.9. The Morgan fingerprint density at radius 2 is 2.12 bits per heavy atom. The van der Waals surface area contributed by atoms with Gasteiger partial charge in [0.15, 0.2) is 0 Å². The van der Waals surface area contributed by atoms with Crippen molar-refractivity contribution < 1.29 is 9.53 Å². The quantitative estimate of drug-likeness (QED) is 0.827. The van der Waals surface area contributed by atoms with Crippen molar-refractivity contribution in [1.29, 1.82) is 0 Å². The van der Waals surface area contributed by atoms with E-state index in [0.29, 0.717) is 6.61 Å². The number of nitrogens with one attached hydrogen (secondary N) is 1. The number of methoxy groups -OCH3 is 1. The summed E-state index contributed by atoms with van der Waals surface area (Å²) in [4.78, 5) is 11.9. The minimum absolute atomic E-state index is 0.0899. The van der Waals surface area contributed by atoms with Gasteiger partial charge in [0.05, 0.1) is 10.9 Å². The molecule has 0 fully saturated rings. The first-order valence-corrected chi connectivity index (χ1v) is 6.71. The first kappa shape index (κ1) is 14.7. The molecular formula is C12H15Br2NO2. The molecule has 0 aliphatic heterocycles. The first-order valence-electron chi connectivity index (χ1n) is 5.13. The van der Waals surface area contributed by atoms with Crippen LogP contribution in [0.2, 0.25) is 0 Å². The predicted octanol–water partition coefficient (Wildman–Crippen LogP) is 3.71. The number of carbonyl (C=O) groups excluding carboxylic acids is 1. The lowest BCUT2D eigenvalue weighted by atomic mass is 10.1. The molecule has 0 aliphatic carbocycles. The van der Waals surface area contributed by atoms with Crippen molar-refractivity contribution in [3.63, 3.8) is 0 Å². The minimum Gasteiger partial charge on any atom is -0.380 e. The number of amides is 1. The molecule has 1 aromatic carbocycles. The van der Waals surface area contributed by atoms with Gasteiger partial charge in [-0.15, -0.1) is 0 Å². The van der Waals surface area contributed by atoms with Crippen LogP contribution >= 0.6 is 31.9 Å². The first-order chi connectivity index (χ1) is 7.86. The predicted molar refractivity (Wildman–Crippen MR) is 76.5 cm³/mol. The second kappa shape index (κ2) is 5.98. The zero-order valence-electron chi connectivity index (χ0n) is 10.0. The second-order valence-corrected chi connectivity index (χ2v) is 6.96. The van der Waals surface area contributed by atoms with E-state index in [1.54, 1.807) is 21.0 Å². The monoisotopic (exact) mass is 363 g/mol. The zero-order valence-corrected chi connectivity index (χ0v) is 13.2. The van der Waals surface area contributed by atoms with Crippen LogP contribution in [0, 0.1) is 0 Å². The summed E-state index contributed by atoms with van der Waals surface area (Å²) in [6.45, 7) is 4.05. The van der Waals surface area contributed by atoms with Gasteiger partial charge in [-0.3, -0.25) is 4.79 Å². The number of benzene rings is 1. The smallest absolute Gasteiger partial charge is 0.240 e. The molecule has 0 aliphatic rings. The van der Waals surface area contributed by atoms with Crippen LogP contribution in [-0.4, -0.2) is 17.3 Å². The molecular weight excluding hydrogens is 350 g/mol. The van der Waals surface area contributed by atoms with Crippen molar-refractivity contribution in [3.05, 3.63) is 28.2 Å². The van der Waals surface area contributed by atoms with Gasteiger partial charge in [-0.25, -0.2) is 0 Å². The molecule has 0 atom stereocenters. The summed E-state index contributed by atoms with van der Waals surface area (Å²) in [5, 5.41) is 2.88. The van der Waals surface area contributed by atoms with Crippen molar-refractivity contribution in [2.24, 2.45) is 0 Å². The largest absolute Gasteiger partial charge is 0.380 e. The number of carbonyl (C=O) groups is 1. The number of rotatable bonds is 4. The van der Waals surface area contributed by atoms with Crippen LogP contribution in [0.25, 0.3) is 0 Å². The summed E-state index contributed by atoms with van der Waals surface area (Å²) in [7, 11) is 1.62. The van der Waals surface area contributed by atoms with E-state index in [1.165, 1.54) is 0 Å². The van der Waals surface area contributed by atoms with Crippen molar-refractivity contribution in [2.45, 2.75) is 24.8 Å². The van der Waals surface area contributed by atoms with Gasteiger partial charge >= 0.3 is 0 Å². The van der Waals surface area contributed by atoms with Crippen LogP contribution in [0.1, 0.15) is 19.4 Å². The number of halogens is 2. The van der Waals surface area contributed by atoms with E-state index in [1.807, 2.05) is 18.2 Å². The maximum atomic E-state index is 11.9. The molecule has 0 spiro atoms. The summed E-state index contributed by atoms with van der Waals surface area (Å²) in [6, 6.07) is 5.65. The Kier molecular flexibility index (Phi) is 5.16. The summed E-state index contributed by atoms with van der Waals surface area (Å²) >= 11 is 6.77. The Morgan fingerprint density at radius 1 is 1.47 bits per heavy atom. The van der Waals surface area contributed by atoms with Gasteiger partial charge in [-0.1, -0.05) is 37.9 Å². The molecule has 1 rings (SSSR count). The molecule has 5 heteroatoms. The van der Waals surface area contributed by atoms with Crippen molar-refractivity contribution in [1.82, 2.24) is 0 Å².